The Kier molecular flexibility index (Phi) is 49.0. The highest BCUT2D eigenvalue weighted by molar-refractivity contribution is 5.71. The van der Waals surface area contributed by atoms with Gasteiger partial charge in [-0.3, -0.25) is 14.4 Å². The van der Waals surface area contributed by atoms with Crippen molar-refractivity contribution in [2.75, 3.05) is 13.2 Å². The summed E-state index contributed by atoms with van der Waals surface area (Å²) in [5, 5.41) is 0. The maximum atomic E-state index is 12.8. The van der Waals surface area contributed by atoms with Crippen LogP contribution < -0.4 is 0 Å². The zero-order valence-corrected chi connectivity index (χ0v) is 41.5. The van der Waals surface area contributed by atoms with E-state index in [-0.39, 0.29) is 37.5 Å². The van der Waals surface area contributed by atoms with E-state index >= 15 is 0 Å². The number of carbonyl (C=O) groups excluding carboxylic acids is 3. The van der Waals surface area contributed by atoms with Gasteiger partial charge >= 0.3 is 17.9 Å². The Balaban J connectivity index is 4.44. The molecule has 0 radical (unpaired) electrons. The standard InChI is InChI=1S/C58H96O6/c1-4-7-10-13-16-19-22-25-27-28-29-30-32-33-36-39-42-45-48-51-57(60)63-54-55(53-62-56(59)50-47-44-41-38-35-24-21-18-15-12-9-6-3)64-58(61)52-49-46-43-40-37-34-31-26-23-20-17-14-11-8-5-2/h8,11,14,16-23,25-26,31,34,37,55H,4-7,9-10,12-13,15,24,27-30,32-33,35-36,38-54H2,1-3H3/b11-8-,17-14-,19-16-,21-18-,23-20-,25-22-,31-26-,37-34-. The van der Waals surface area contributed by atoms with Crippen molar-refractivity contribution in [3.05, 3.63) is 97.2 Å². The zero-order chi connectivity index (χ0) is 46.5. The molecular weight excluding hydrogens is 793 g/mol. The molecule has 0 aromatic rings. The second-order valence-corrected chi connectivity index (χ2v) is 17.2. The van der Waals surface area contributed by atoms with Crippen molar-refractivity contribution in [2.45, 2.75) is 239 Å². The van der Waals surface area contributed by atoms with Crippen molar-refractivity contribution < 1.29 is 28.6 Å². The number of ether oxygens (including phenoxy) is 3. The first kappa shape index (κ1) is 60.3. The van der Waals surface area contributed by atoms with Gasteiger partial charge in [0, 0.05) is 19.3 Å². The quantitative estimate of drug-likeness (QED) is 0.0199. The van der Waals surface area contributed by atoms with Crippen molar-refractivity contribution in [1.82, 2.24) is 0 Å². The van der Waals surface area contributed by atoms with Crippen LogP contribution in [0.25, 0.3) is 0 Å². The predicted octanol–water partition coefficient (Wildman–Crippen LogP) is 17.4. The number of esters is 3. The number of allylic oxidation sites excluding steroid dienone is 16. The van der Waals surface area contributed by atoms with Crippen LogP contribution in [0.15, 0.2) is 97.2 Å². The van der Waals surface area contributed by atoms with Gasteiger partial charge < -0.3 is 14.2 Å². The largest absolute Gasteiger partial charge is 0.462 e. The molecule has 0 saturated carbocycles. The van der Waals surface area contributed by atoms with E-state index in [0.29, 0.717) is 19.3 Å². The van der Waals surface area contributed by atoms with Gasteiger partial charge in [-0.1, -0.05) is 221 Å². The van der Waals surface area contributed by atoms with E-state index in [2.05, 4.69) is 69.4 Å². The Bertz CT molecular complexity index is 1300. The third-order valence-electron chi connectivity index (χ3n) is 10.9. The van der Waals surface area contributed by atoms with Crippen molar-refractivity contribution >= 4 is 17.9 Å². The highest BCUT2D eigenvalue weighted by Gasteiger charge is 2.19. The van der Waals surface area contributed by atoms with Gasteiger partial charge in [0.15, 0.2) is 6.10 Å². The molecule has 0 bridgehead atoms. The third kappa shape index (κ3) is 49.3. The lowest BCUT2D eigenvalue weighted by Gasteiger charge is -2.18. The highest BCUT2D eigenvalue weighted by atomic mass is 16.6. The first-order chi connectivity index (χ1) is 31.5. The molecule has 1 atom stereocenters. The molecule has 0 saturated heterocycles. The van der Waals surface area contributed by atoms with Gasteiger partial charge in [-0.15, -0.1) is 0 Å². The molecule has 6 heteroatoms. The molecule has 0 N–H and O–H groups in total. The molecule has 0 spiro atoms. The molecule has 0 fully saturated rings. The van der Waals surface area contributed by atoms with Crippen LogP contribution in [0.3, 0.4) is 0 Å². The van der Waals surface area contributed by atoms with E-state index in [1.165, 1.54) is 109 Å². The minimum Gasteiger partial charge on any atom is -0.462 e. The van der Waals surface area contributed by atoms with Gasteiger partial charge in [-0.25, -0.2) is 0 Å². The lowest BCUT2D eigenvalue weighted by Crippen LogP contribution is -2.30. The van der Waals surface area contributed by atoms with Gasteiger partial charge in [0.25, 0.3) is 0 Å². The molecule has 0 amide bonds. The van der Waals surface area contributed by atoms with Crippen LogP contribution in [0.1, 0.15) is 233 Å². The summed E-state index contributed by atoms with van der Waals surface area (Å²) in [4.78, 5) is 38.0. The summed E-state index contributed by atoms with van der Waals surface area (Å²) < 4.78 is 16.8. The van der Waals surface area contributed by atoms with Gasteiger partial charge in [0.1, 0.15) is 13.2 Å². The highest BCUT2D eigenvalue weighted by Crippen LogP contribution is 2.14. The van der Waals surface area contributed by atoms with Crippen LogP contribution in [0.2, 0.25) is 0 Å². The van der Waals surface area contributed by atoms with Gasteiger partial charge in [0.2, 0.25) is 0 Å². The van der Waals surface area contributed by atoms with E-state index in [9.17, 15) is 14.4 Å². The maximum Gasteiger partial charge on any atom is 0.306 e. The van der Waals surface area contributed by atoms with E-state index in [4.69, 9.17) is 14.2 Å². The fourth-order valence-electron chi connectivity index (χ4n) is 6.98. The molecule has 0 heterocycles. The van der Waals surface area contributed by atoms with E-state index in [1.54, 1.807) is 0 Å². The van der Waals surface area contributed by atoms with Crippen LogP contribution in [0.5, 0.6) is 0 Å². The summed E-state index contributed by atoms with van der Waals surface area (Å²) in [5.41, 5.74) is 0. The van der Waals surface area contributed by atoms with Crippen LogP contribution in [-0.2, 0) is 28.6 Å². The first-order valence-electron chi connectivity index (χ1n) is 26.3. The molecule has 0 aromatic carbocycles. The molecule has 6 nitrogen and oxygen atoms in total. The molecule has 0 aliphatic heterocycles. The van der Waals surface area contributed by atoms with Crippen LogP contribution in [-0.4, -0.2) is 37.2 Å². The van der Waals surface area contributed by atoms with E-state index in [1.807, 2.05) is 48.6 Å². The SMILES string of the molecule is CC\C=C/C=C\C=C/C=C\C=C/CCCCCC(=O)OC(COC(=O)CCCCCCC/C=C\CCCCC)COC(=O)CCCCCCCCCCCC/C=C\C=C/CCCCC. The maximum absolute atomic E-state index is 12.8. The molecule has 0 aliphatic carbocycles. The Morgan fingerprint density at radius 1 is 0.328 bits per heavy atom. The molecule has 364 valence electrons. The minimum atomic E-state index is -0.804. The van der Waals surface area contributed by atoms with Crippen molar-refractivity contribution in [1.29, 1.82) is 0 Å². The summed E-state index contributed by atoms with van der Waals surface area (Å²) >= 11 is 0. The fraction of sp³-hybridized carbons (Fsp3) is 0.672. The van der Waals surface area contributed by atoms with E-state index < -0.39 is 6.10 Å². The molecule has 0 rings (SSSR count). The van der Waals surface area contributed by atoms with Crippen LogP contribution in [0, 0.1) is 0 Å². The Morgan fingerprint density at radius 2 is 0.625 bits per heavy atom. The average molecular weight is 889 g/mol. The monoisotopic (exact) mass is 889 g/mol. The zero-order valence-electron chi connectivity index (χ0n) is 41.5. The summed E-state index contributed by atoms with van der Waals surface area (Å²) in [6.45, 7) is 6.39. The number of hydrogen-bond acceptors (Lipinski definition) is 6. The minimum absolute atomic E-state index is 0.100. The van der Waals surface area contributed by atoms with Gasteiger partial charge in [0.05, 0.1) is 0 Å². The Morgan fingerprint density at radius 3 is 1.03 bits per heavy atom. The third-order valence-corrected chi connectivity index (χ3v) is 10.9. The molecule has 0 aromatic heterocycles. The van der Waals surface area contributed by atoms with E-state index in [0.717, 1.165) is 77.0 Å². The second kappa shape index (κ2) is 52.0. The molecule has 0 aliphatic rings. The summed E-state index contributed by atoms with van der Waals surface area (Å²) in [6.07, 6.45) is 68.2. The number of unbranched alkanes of at least 4 members (excludes halogenated alkanes) is 24. The second-order valence-electron chi connectivity index (χ2n) is 17.2. The lowest BCUT2D eigenvalue weighted by molar-refractivity contribution is -0.167. The van der Waals surface area contributed by atoms with Crippen molar-refractivity contribution in [3.8, 4) is 0 Å². The van der Waals surface area contributed by atoms with Crippen molar-refractivity contribution in [2.24, 2.45) is 0 Å². The van der Waals surface area contributed by atoms with Crippen LogP contribution in [0.4, 0.5) is 0 Å². The Hall–Kier alpha value is -3.67. The van der Waals surface area contributed by atoms with Crippen LogP contribution >= 0.6 is 0 Å². The normalized spacial score (nSPS) is 12.9. The van der Waals surface area contributed by atoms with Gasteiger partial charge in [-0.05, 0) is 89.9 Å². The molecule has 64 heavy (non-hydrogen) atoms. The summed E-state index contributed by atoms with van der Waals surface area (Å²) in [5.74, 6) is -0.957. The lowest BCUT2D eigenvalue weighted by atomic mass is 10.1. The first-order valence-corrected chi connectivity index (χ1v) is 26.3. The molecular formula is C58H96O6. The van der Waals surface area contributed by atoms with Gasteiger partial charge in [-0.2, -0.15) is 0 Å². The topological polar surface area (TPSA) is 78.9 Å². The summed E-state index contributed by atoms with van der Waals surface area (Å²) in [7, 11) is 0. The van der Waals surface area contributed by atoms with Crippen molar-refractivity contribution in [3.63, 3.8) is 0 Å². The number of carbonyl (C=O) groups is 3. The average Bonchev–Trinajstić information content (AvgIpc) is 3.29. The summed E-state index contributed by atoms with van der Waals surface area (Å²) in [6, 6.07) is 0. The number of hydrogen-bond donors (Lipinski definition) is 0. The smallest absolute Gasteiger partial charge is 0.306 e. The Labute approximate surface area is 394 Å². The molecule has 1 unspecified atom stereocenters. The predicted molar refractivity (Wildman–Crippen MR) is 274 cm³/mol. The fourth-order valence-corrected chi connectivity index (χ4v) is 6.98. The number of rotatable bonds is 46.